The molecule has 21 heavy (non-hydrogen) atoms. The van der Waals surface area contributed by atoms with Crippen molar-refractivity contribution in [2.24, 2.45) is 5.92 Å². The summed E-state index contributed by atoms with van der Waals surface area (Å²) in [6.07, 6.45) is 0. The van der Waals surface area contributed by atoms with Crippen molar-refractivity contribution in [1.82, 2.24) is 10.2 Å². The monoisotopic (exact) mass is 282 g/mol. The number of nitrogens with zero attached hydrogens (tertiary/aromatic N) is 3. The molecule has 0 radical (unpaired) electrons. The molecule has 0 spiro atoms. The molecule has 1 amide bonds. The van der Waals surface area contributed by atoms with Crippen molar-refractivity contribution in [3.8, 4) is 17.7 Å². The van der Waals surface area contributed by atoms with Crippen LogP contribution in [0.2, 0.25) is 0 Å². The van der Waals surface area contributed by atoms with Crippen molar-refractivity contribution in [1.29, 1.82) is 5.26 Å². The molecule has 1 aromatic carbocycles. The van der Waals surface area contributed by atoms with Gasteiger partial charge in [-0.1, -0.05) is 13.8 Å². The van der Waals surface area contributed by atoms with Crippen LogP contribution >= 0.6 is 0 Å². The second-order valence-corrected chi connectivity index (χ2v) is 4.64. The third kappa shape index (κ3) is 4.01. The van der Waals surface area contributed by atoms with Gasteiger partial charge >= 0.3 is 0 Å². The molecule has 1 N–H and O–H groups in total. The Morgan fingerprint density at radius 2 is 1.90 bits per heavy atom. The predicted molar refractivity (Wildman–Crippen MR) is 76.7 cm³/mol. The van der Waals surface area contributed by atoms with Gasteiger partial charge in [0.2, 0.25) is 11.8 Å². The highest BCUT2D eigenvalue weighted by Crippen LogP contribution is 2.21. The van der Waals surface area contributed by atoms with Crippen LogP contribution in [-0.4, -0.2) is 16.1 Å². The van der Waals surface area contributed by atoms with E-state index in [1.165, 1.54) is 6.07 Å². The number of ether oxygens (including phenoxy) is 1. The number of carbonyl (C=O) groups excluding carboxylic acids is 1. The normalized spacial score (nSPS) is 10.0. The van der Waals surface area contributed by atoms with Crippen molar-refractivity contribution in [2.45, 2.75) is 13.8 Å². The molecular formula is C15H14N4O2. The summed E-state index contributed by atoms with van der Waals surface area (Å²) >= 11 is 0. The van der Waals surface area contributed by atoms with Gasteiger partial charge in [0.1, 0.15) is 11.8 Å². The first-order valence-corrected chi connectivity index (χ1v) is 6.41. The molecule has 0 fully saturated rings. The molecule has 0 aliphatic rings. The zero-order chi connectivity index (χ0) is 15.2. The number of aromatic nitrogens is 2. The lowest BCUT2D eigenvalue weighted by molar-refractivity contribution is -0.118. The van der Waals surface area contributed by atoms with Gasteiger partial charge in [0.05, 0.1) is 0 Å². The molecule has 6 heteroatoms. The van der Waals surface area contributed by atoms with E-state index in [-0.39, 0.29) is 17.5 Å². The zero-order valence-electron chi connectivity index (χ0n) is 11.7. The van der Waals surface area contributed by atoms with Crippen molar-refractivity contribution in [3.63, 3.8) is 0 Å². The number of hydrogen-bond donors (Lipinski definition) is 1. The summed E-state index contributed by atoms with van der Waals surface area (Å²) in [5.41, 5.74) is 0.932. The van der Waals surface area contributed by atoms with E-state index < -0.39 is 0 Å². The molecular weight excluding hydrogens is 268 g/mol. The third-order valence-electron chi connectivity index (χ3n) is 2.62. The summed E-state index contributed by atoms with van der Waals surface area (Å²) in [6.45, 7) is 3.66. The second kappa shape index (κ2) is 6.48. The van der Waals surface area contributed by atoms with Crippen LogP contribution in [0.4, 0.5) is 5.69 Å². The van der Waals surface area contributed by atoms with Gasteiger partial charge in [-0.2, -0.15) is 5.26 Å². The van der Waals surface area contributed by atoms with Crippen molar-refractivity contribution >= 4 is 11.6 Å². The number of nitrogens with one attached hydrogen (secondary N) is 1. The summed E-state index contributed by atoms with van der Waals surface area (Å²) in [7, 11) is 0. The quantitative estimate of drug-likeness (QED) is 0.931. The minimum absolute atomic E-state index is 0.0402. The Hall–Kier alpha value is -2.94. The number of rotatable bonds is 4. The number of anilines is 1. The lowest BCUT2D eigenvalue weighted by Crippen LogP contribution is -2.17. The Morgan fingerprint density at radius 3 is 2.43 bits per heavy atom. The molecule has 2 aromatic rings. The Bertz CT molecular complexity index is 658. The molecule has 0 aliphatic heterocycles. The maximum Gasteiger partial charge on any atom is 0.238 e. The fraction of sp³-hybridized carbons (Fsp3) is 0.200. The van der Waals surface area contributed by atoms with E-state index in [0.717, 1.165) is 0 Å². The van der Waals surface area contributed by atoms with E-state index in [1.54, 1.807) is 30.3 Å². The van der Waals surface area contributed by atoms with Crippen molar-refractivity contribution in [3.05, 3.63) is 42.1 Å². The first kappa shape index (κ1) is 14.5. The van der Waals surface area contributed by atoms with Gasteiger partial charge in [0.25, 0.3) is 0 Å². The Kier molecular flexibility index (Phi) is 4.46. The smallest absolute Gasteiger partial charge is 0.238 e. The predicted octanol–water partition coefficient (Wildman–Crippen LogP) is 2.74. The lowest BCUT2D eigenvalue weighted by Gasteiger charge is -2.08. The number of carbonyl (C=O) groups is 1. The molecule has 0 saturated carbocycles. The molecule has 106 valence electrons. The summed E-state index contributed by atoms with van der Waals surface area (Å²) in [6, 6.07) is 11.9. The van der Waals surface area contributed by atoms with Crippen LogP contribution in [-0.2, 0) is 4.79 Å². The van der Waals surface area contributed by atoms with E-state index in [2.05, 4.69) is 15.5 Å². The molecule has 0 unspecified atom stereocenters. The standard InChI is InChI=1S/C15H14N4O2/c1-10(2)15(20)17-11-3-6-13(7-4-11)21-14-8-5-12(9-16)18-19-14/h3-8,10H,1-2H3,(H,17,20). The molecule has 0 aliphatic carbocycles. The van der Waals surface area contributed by atoms with Crippen LogP contribution in [0.25, 0.3) is 0 Å². The lowest BCUT2D eigenvalue weighted by atomic mass is 10.2. The maximum atomic E-state index is 11.6. The van der Waals surface area contributed by atoms with Gasteiger partial charge in [-0.15, -0.1) is 10.2 Å². The molecule has 6 nitrogen and oxygen atoms in total. The molecule has 0 atom stereocenters. The second-order valence-electron chi connectivity index (χ2n) is 4.64. The number of nitriles is 1. The Balaban J connectivity index is 2.02. The minimum Gasteiger partial charge on any atom is -0.438 e. The maximum absolute atomic E-state index is 11.6. The third-order valence-corrected chi connectivity index (χ3v) is 2.62. The van der Waals surface area contributed by atoms with Crippen molar-refractivity contribution < 1.29 is 9.53 Å². The fourth-order valence-corrected chi connectivity index (χ4v) is 1.45. The number of amides is 1. The average molecular weight is 282 g/mol. The highest BCUT2D eigenvalue weighted by atomic mass is 16.5. The molecule has 1 heterocycles. The van der Waals surface area contributed by atoms with Crippen LogP contribution in [0.3, 0.4) is 0 Å². The fourth-order valence-electron chi connectivity index (χ4n) is 1.45. The Labute approximate surface area is 122 Å². The van der Waals surface area contributed by atoms with Crippen molar-refractivity contribution in [2.75, 3.05) is 5.32 Å². The van der Waals surface area contributed by atoms with E-state index in [1.807, 2.05) is 19.9 Å². The first-order chi connectivity index (χ1) is 10.1. The first-order valence-electron chi connectivity index (χ1n) is 6.41. The van der Waals surface area contributed by atoms with Crippen LogP contribution < -0.4 is 10.1 Å². The molecule has 0 saturated heterocycles. The summed E-state index contributed by atoms with van der Waals surface area (Å²) < 4.78 is 5.49. The average Bonchev–Trinajstić information content (AvgIpc) is 2.50. The number of benzene rings is 1. The van der Waals surface area contributed by atoms with Gasteiger partial charge in [-0.25, -0.2) is 0 Å². The Morgan fingerprint density at radius 1 is 1.19 bits per heavy atom. The van der Waals surface area contributed by atoms with Crippen LogP contribution in [0.1, 0.15) is 19.5 Å². The number of hydrogen-bond acceptors (Lipinski definition) is 5. The van der Waals surface area contributed by atoms with E-state index >= 15 is 0 Å². The summed E-state index contributed by atoms with van der Waals surface area (Å²) in [5, 5.41) is 18.9. The SMILES string of the molecule is CC(C)C(=O)Nc1ccc(Oc2ccc(C#N)nn2)cc1. The largest absolute Gasteiger partial charge is 0.438 e. The van der Waals surface area contributed by atoms with E-state index in [0.29, 0.717) is 17.3 Å². The van der Waals surface area contributed by atoms with Gasteiger partial charge in [-0.05, 0) is 30.3 Å². The van der Waals surface area contributed by atoms with E-state index in [9.17, 15) is 4.79 Å². The van der Waals surface area contributed by atoms with Crippen LogP contribution in [0.5, 0.6) is 11.6 Å². The summed E-state index contributed by atoms with van der Waals surface area (Å²) in [4.78, 5) is 11.6. The summed E-state index contributed by atoms with van der Waals surface area (Å²) in [5.74, 6) is 0.751. The van der Waals surface area contributed by atoms with Gasteiger partial charge in [0.15, 0.2) is 5.69 Å². The van der Waals surface area contributed by atoms with Crippen LogP contribution in [0, 0.1) is 17.2 Å². The van der Waals surface area contributed by atoms with Gasteiger partial charge < -0.3 is 10.1 Å². The molecule has 1 aromatic heterocycles. The molecule has 2 rings (SSSR count). The minimum atomic E-state index is -0.0742. The van der Waals surface area contributed by atoms with E-state index in [4.69, 9.17) is 10.00 Å². The van der Waals surface area contributed by atoms with Crippen LogP contribution in [0.15, 0.2) is 36.4 Å². The highest BCUT2D eigenvalue weighted by molar-refractivity contribution is 5.92. The topological polar surface area (TPSA) is 87.9 Å². The highest BCUT2D eigenvalue weighted by Gasteiger charge is 2.07. The van der Waals surface area contributed by atoms with Gasteiger partial charge in [0, 0.05) is 17.7 Å². The zero-order valence-corrected chi connectivity index (χ0v) is 11.7. The van der Waals surface area contributed by atoms with Gasteiger partial charge in [-0.3, -0.25) is 4.79 Å². The molecule has 0 bridgehead atoms.